The number of aliphatic hydroxyl groups is 1. The molecule has 0 spiro atoms. The van der Waals surface area contributed by atoms with E-state index in [1.165, 1.54) is 0 Å². The molecular weight excluding hydrogens is 363 g/mol. The Bertz CT molecular complexity index is 660. The van der Waals surface area contributed by atoms with Gasteiger partial charge in [-0.15, -0.1) is 0 Å². The van der Waals surface area contributed by atoms with Crippen molar-refractivity contribution in [3.63, 3.8) is 0 Å². The van der Waals surface area contributed by atoms with Crippen LogP contribution in [0.3, 0.4) is 0 Å². The molecule has 0 aromatic heterocycles. The molecule has 3 rings (SSSR count). The number of fused-ring (bicyclic) bond motifs is 1. The van der Waals surface area contributed by atoms with Crippen molar-refractivity contribution in [1.29, 1.82) is 0 Å². The lowest BCUT2D eigenvalue weighted by molar-refractivity contribution is 0.0657. The molecule has 2 aromatic carbocycles. The van der Waals surface area contributed by atoms with Crippen LogP contribution in [0, 0.1) is 0 Å². The summed E-state index contributed by atoms with van der Waals surface area (Å²) in [5, 5.41) is 11.4. The zero-order valence-electron chi connectivity index (χ0n) is 10.3. The summed E-state index contributed by atoms with van der Waals surface area (Å²) in [6, 6.07) is 10.9. The smallest absolute Gasteiger partial charge is 0.128 e. The molecule has 0 saturated heterocycles. The first kappa shape index (κ1) is 14.2. The van der Waals surface area contributed by atoms with Crippen LogP contribution in [0.1, 0.15) is 29.8 Å². The Kier molecular flexibility index (Phi) is 3.95. The number of hydrogen-bond acceptors (Lipinski definition) is 2. The quantitative estimate of drug-likeness (QED) is 0.733. The fourth-order valence-electron chi connectivity index (χ4n) is 2.37. The van der Waals surface area contributed by atoms with Crippen molar-refractivity contribution >= 4 is 39.1 Å². The molecule has 0 radical (unpaired) electrons. The highest BCUT2D eigenvalue weighted by atomic mass is 79.9. The summed E-state index contributed by atoms with van der Waals surface area (Å²) >= 11 is 15.5. The Morgan fingerprint density at radius 1 is 1.10 bits per heavy atom. The molecule has 0 bridgehead atoms. The molecule has 2 nitrogen and oxygen atoms in total. The van der Waals surface area contributed by atoms with Crippen LogP contribution >= 0.6 is 39.1 Å². The first-order chi connectivity index (χ1) is 9.54. The van der Waals surface area contributed by atoms with E-state index in [9.17, 15) is 5.11 Å². The van der Waals surface area contributed by atoms with Gasteiger partial charge in [0.05, 0.1) is 6.10 Å². The standard InChI is InChI=1S/C15H11BrCl2O2/c16-8-1-3-11-13(19)7-15(20-14(11)5-8)10-4-2-9(17)6-12(10)18/h1-6,13,15,19H,7H2. The van der Waals surface area contributed by atoms with Crippen LogP contribution < -0.4 is 4.74 Å². The molecule has 2 aromatic rings. The van der Waals surface area contributed by atoms with Crippen LogP contribution in [0.25, 0.3) is 0 Å². The molecular formula is C15H11BrCl2O2. The zero-order chi connectivity index (χ0) is 14.3. The summed E-state index contributed by atoms with van der Waals surface area (Å²) < 4.78 is 6.88. The van der Waals surface area contributed by atoms with Crippen molar-refractivity contribution in [2.75, 3.05) is 0 Å². The van der Waals surface area contributed by atoms with Gasteiger partial charge in [0.2, 0.25) is 0 Å². The summed E-state index contributed by atoms with van der Waals surface area (Å²) in [4.78, 5) is 0. The van der Waals surface area contributed by atoms with Crippen LogP contribution in [0.5, 0.6) is 5.75 Å². The van der Waals surface area contributed by atoms with Crippen molar-refractivity contribution < 1.29 is 9.84 Å². The fraction of sp³-hybridized carbons (Fsp3) is 0.200. The normalized spacial score (nSPS) is 21.2. The van der Waals surface area contributed by atoms with Gasteiger partial charge in [-0.2, -0.15) is 0 Å². The largest absolute Gasteiger partial charge is 0.485 e. The van der Waals surface area contributed by atoms with E-state index in [0.29, 0.717) is 22.2 Å². The van der Waals surface area contributed by atoms with Gasteiger partial charge < -0.3 is 9.84 Å². The average Bonchev–Trinajstić information content (AvgIpc) is 2.37. The Hall–Kier alpha value is -0.740. The van der Waals surface area contributed by atoms with Crippen molar-refractivity contribution in [3.8, 4) is 5.75 Å². The van der Waals surface area contributed by atoms with Crippen LogP contribution in [-0.2, 0) is 0 Å². The summed E-state index contributed by atoms with van der Waals surface area (Å²) in [6.45, 7) is 0. The predicted octanol–water partition coefficient (Wildman–Crippen LogP) is 5.31. The van der Waals surface area contributed by atoms with Crippen LogP contribution in [0.4, 0.5) is 0 Å². The maximum absolute atomic E-state index is 10.3. The summed E-state index contributed by atoms with van der Waals surface area (Å²) in [5.74, 6) is 0.675. The molecule has 1 heterocycles. The van der Waals surface area contributed by atoms with Gasteiger partial charge in [0.15, 0.2) is 0 Å². The number of hydrogen-bond donors (Lipinski definition) is 1. The third-order valence-corrected chi connectivity index (χ3v) is 4.41. The van der Waals surface area contributed by atoms with Crippen molar-refractivity contribution in [2.45, 2.75) is 18.6 Å². The van der Waals surface area contributed by atoms with Crippen molar-refractivity contribution in [1.82, 2.24) is 0 Å². The minimum atomic E-state index is -0.566. The van der Waals surface area contributed by atoms with Gasteiger partial charge in [-0.05, 0) is 24.3 Å². The fourth-order valence-corrected chi connectivity index (χ4v) is 3.24. The second-order valence-electron chi connectivity index (χ2n) is 4.71. The van der Waals surface area contributed by atoms with E-state index in [1.54, 1.807) is 12.1 Å². The maximum Gasteiger partial charge on any atom is 0.128 e. The molecule has 0 aliphatic carbocycles. The van der Waals surface area contributed by atoms with Crippen LogP contribution in [0.2, 0.25) is 10.0 Å². The second kappa shape index (κ2) is 5.57. The van der Waals surface area contributed by atoms with Gasteiger partial charge in [-0.25, -0.2) is 0 Å². The predicted molar refractivity (Wildman–Crippen MR) is 83.5 cm³/mol. The summed E-state index contributed by atoms with van der Waals surface area (Å²) in [6.07, 6.45) is -0.379. The van der Waals surface area contributed by atoms with Gasteiger partial charge in [0.25, 0.3) is 0 Å². The number of aliphatic hydroxyl groups excluding tert-OH is 1. The van der Waals surface area contributed by atoms with Gasteiger partial charge in [-0.1, -0.05) is 51.3 Å². The highest BCUT2D eigenvalue weighted by molar-refractivity contribution is 9.10. The molecule has 20 heavy (non-hydrogen) atoms. The molecule has 2 unspecified atom stereocenters. The molecule has 1 N–H and O–H groups in total. The van der Waals surface area contributed by atoms with E-state index in [-0.39, 0.29) is 6.10 Å². The number of ether oxygens (including phenoxy) is 1. The topological polar surface area (TPSA) is 29.5 Å². The molecule has 2 atom stereocenters. The Morgan fingerprint density at radius 3 is 2.60 bits per heavy atom. The Balaban J connectivity index is 1.98. The van der Waals surface area contributed by atoms with E-state index < -0.39 is 6.10 Å². The van der Waals surface area contributed by atoms with Gasteiger partial charge >= 0.3 is 0 Å². The average molecular weight is 374 g/mol. The van der Waals surface area contributed by atoms with Crippen LogP contribution in [-0.4, -0.2) is 5.11 Å². The molecule has 0 saturated carbocycles. The highest BCUT2D eigenvalue weighted by Crippen LogP contribution is 2.43. The highest BCUT2D eigenvalue weighted by Gasteiger charge is 2.29. The molecule has 5 heteroatoms. The van der Waals surface area contributed by atoms with E-state index >= 15 is 0 Å². The van der Waals surface area contributed by atoms with Gasteiger partial charge in [0, 0.05) is 32.1 Å². The van der Waals surface area contributed by atoms with Crippen molar-refractivity contribution in [3.05, 3.63) is 62.0 Å². The maximum atomic E-state index is 10.3. The second-order valence-corrected chi connectivity index (χ2v) is 6.47. The molecule has 104 valence electrons. The number of benzene rings is 2. The molecule has 1 aliphatic rings. The minimum absolute atomic E-state index is 0.281. The van der Waals surface area contributed by atoms with E-state index in [0.717, 1.165) is 15.6 Å². The van der Waals surface area contributed by atoms with E-state index in [1.807, 2.05) is 24.3 Å². The first-order valence-electron chi connectivity index (χ1n) is 6.13. The van der Waals surface area contributed by atoms with E-state index in [4.69, 9.17) is 27.9 Å². The first-order valence-corrected chi connectivity index (χ1v) is 7.68. The van der Waals surface area contributed by atoms with Gasteiger partial charge in [0.1, 0.15) is 11.9 Å². The Labute approximate surface area is 135 Å². The van der Waals surface area contributed by atoms with E-state index in [2.05, 4.69) is 15.9 Å². The third-order valence-electron chi connectivity index (χ3n) is 3.35. The monoisotopic (exact) mass is 372 g/mol. The lowest BCUT2D eigenvalue weighted by Gasteiger charge is -2.30. The Morgan fingerprint density at radius 2 is 1.85 bits per heavy atom. The van der Waals surface area contributed by atoms with Crippen molar-refractivity contribution in [2.24, 2.45) is 0 Å². The zero-order valence-corrected chi connectivity index (χ0v) is 13.4. The van der Waals surface area contributed by atoms with Gasteiger partial charge in [-0.3, -0.25) is 0 Å². The number of halogens is 3. The lowest BCUT2D eigenvalue weighted by Crippen LogP contribution is -2.19. The SMILES string of the molecule is OC1CC(c2ccc(Cl)cc2Cl)Oc2cc(Br)ccc21. The lowest BCUT2D eigenvalue weighted by atomic mass is 9.95. The molecule has 0 fully saturated rings. The molecule has 1 aliphatic heterocycles. The van der Waals surface area contributed by atoms with Crippen LogP contribution in [0.15, 0.2) is 40.9 Å². The molecule has 0 amide bonds. The minimum Gasteiger partial charge on any atom is -0.485 e. The number of rotatable bonds is 1. The summed E-state index contributed by atoms with van der Waals surface area (Å²) in [7, 11) is 0. The summed E-state index contributed by atoms with van der Waals surface area (Å²) in [5.41, 5.74) is 1.63. The third kappa shape index (κ3) is 2.68.